The highest BCUT2D eigenvalue weighted by Gasteiger charge is 2.06. The third-order valence-corrected chi connectivity index (χ3v) is 1.36. The molecule has 0 aliphatic rings. The minimum Gasteiger partial charge on any atom is -0.396 e. The van der Waals surface area contributed by atoms with E-state index in [0.717, 1.165) is 13.8 Å². The molecule has 1 N–H and O–H groups in total. The Hall–Kier alpha value is -0.0551. The maximum atomic E-state index is 8.63. The van der Waals surface area contributed by atoms with E-state index in [1.165, 1.54) is 0 Å². The SMILES string of the molecule is CBCO[C@H](CCO)COC. The molecule has 66 valence electrons. The van der Waals surface area contributed by atoms with Gasteiger partial charge in [0.25, 0.3) is 0 Å². The van der Waals surface area contributed by atoms with Crippen LogP contribution in [0.25, 0.3) is 0 Å². The molecule has 0 aromatic rings. The summed E-state index contributed by atoms with van der Waals surface area (Å²) in [6, 6.07) is 0. The number of hydrogen-bond acceptors (Lipinski definition) is 3. The molecule has 0 aromatic carbocycles. The average molecular weight is 160 g/mol. The van der Waals surface area contributed by atoms with E-state index in [1.54, 1.807) is 7.11 Å². The normalized spacial score (nSPS) is 13.0. The Morgan fingerprint density at radius 2 is 2.27 bits per heavy atom. The van der Waals surface area contributed by atoms with Crippen LogP contribution in [-0.2, 0) is 9.47 Å². The minimum atomic E-state index is 0.0601. The molecule has 0 heterocycles. The smallest absolute Gasteiger partial charge is 0.150 e. The Kier molecular flexibility index (Phi) is 8.01. The Labute approximate surface area is 68.9 Å². The molecule has 1 atom stereocenters. The molecule has 0 saturated heterocycles. The largest absolute Gasteiger partial charge is 0.396 e. The number of aliphatic hydroxyl groups is 1. The van der Waals surface area contributed by atoms with Crippen LogP contribution >= 0.6 is 0 Å². The van der Waals surface area contributed by atoms with Crippen LogP contribution in [0.4, 0.5) is 0 Å². The zero-order valence-corrected chi connectivity index (χ0v) is 7.38. The van der Waals surface area contributed by atoms with Gasteiger partial charge in [0.05, 0.1) is 12.7 Å². The molecule has 0 saturated carbocycles. The summed E-state index contributed by atoms with van der Waals surface area (Å²) in [4.78, 5) is 0. The molecule has 4 heteroatoms. The first-order valence-corrected chi connectivity index (χ1v) is 4.06. The zero-order chi connectivity index (χ0) is 8.53. The number of ether oxygens (including phenoxy) is 2. The fourth-order valence-corrected chi connectivity index (χ4v) is 0.829. The van der Waals surface area contributed by atoms with Crippen molar-refractivity contribution in [1.29, 1.82) is 0 Å². The van der Waals surface area contributed by atoms with E-state index in [9.17, 15) is 0 Å². The summed E-state index contributed by atoms with van der Waals surface area (Å²) in [5.74, 6) is 0. The van der Waals surface area contributed by atoms with Gasteiger partial charge in [-0.2, -0.15) is 0 Å². The van der Waals surface area contributed by atoms with E-state index >= 15 is 0 Å². The van der Waals surface area contributed by atoms with Gasteiger partial charge in [-0.25, -0.2) is 0 Å². The van der Waals surface area contributed by atoms with Gasteiger partial charge in [0.1, 0.15) is 7.28 Å². The monoisotopic (exact) mass is 160 g/mol. The summed E-state index contributed by atoms with van der Waals surface area (Å²) in [5.41, 5.74) is 0. The molecule has 0 unspecified atom stereocenters. The maximum absolute atomic E-state index is 8.63. The minimum absolute atomic E-state index is 0.0601. The molecular weight excluding hydrogens is 143 g/mol. The topological polar surface area (TPSA) is 38.7 Å². The number of rotatable bonds is 7. The standard InChI is InChI=1S/C7H17BO3/c1-8-6-11-7(3-4-9)5-10-2/h7-9H,3-6H2,1-2H3/t7-/m1/s1. The predicted octanol–water partition coefficient (Wildman–Crippen LogP) is -0.158. The quantitative estimate of drug-likeness (QED) is 0.526. The molecule has 0 aliphatic heterocycles. The second-order valence-electron chi connectivity index (χ2n) is 2.46. The summed E-state index contributed by atoms with van der Waals surface area (Å²) in [6.07, 6.45) is 0.721. The molecule has 0 radical (unpaired) electrons. The summed E-state index contributed by atoms with van der Waals surface area (Å²) in [7, 11) is 2.64. The van der Waals surface area contributed by atoms with E-state index in [2.05, 4.69) is 6.82 Å². The molecule has 0 aromatic heterocycles. The van der Waals surface area contributed by atoms with Crippen LogP contribution in [0.5, 0.6) is 0 Å². The van der Waals surface area contributed by atoms with Gasteiger partial charge in [0, 0.05) is 20.2 Å². The summed E-state index contributed by atoms with van der Waals surface area (Å²) >= 11 is 0. The van der Waals surface area contributed by atoms with Crippen LogP contribution in [-0.4, -0.2) is 45.3 Å². The molecule has 0 bridgehead atoms. The zero-order valence-electron chi connectivity index (χ0n) is 7.38. The van der Waals surface area contributed by atoms with Gasteiger partial charge >= 0.3 is 0 Å². The van der Waals surface area contributed by atoms with E-state index in [0.29, 0.717) is 13.0 Å². The van der Waals surface area contributed by atoms with Gasteiger partial charge in [-0.15, -0.1) is 0 Å². The van der Waals surface area contributed by atoms with Crippen LogP contribution in [0, 0.1) is 0 Å². The lowest BCUT2D eigenvalue weighted by Gasteiger charge is -2.14. The van der Waals surface area contributed by atoms with E-state index in [-0.39, 0.29) is 12.7 Å². The second kappa shape index (κ2) is 8.05. The fraction of sp³-hybridized carbons (Fsp3) is 1.00. The van der Waals surface area contributed by atoms with Crippen LogP contribution in [0.1, 0.15) is 6.42 Å². The summed E-state index contributed by atoms with van der Waals surface area (Å²) in [6.45, 7) is 3.54. The molecule has 11 heavy (non-hydrogen) atoms. The lowest BCUT2D eigenvalue weighted by atomic mass is 9.84. The van der Waals surface area contributed by atoms with Crippen molar-refractivity contribution in [2.75, 3.05) is 26.8 Å². The predicted molar refractivity (Wildman–Crippen MR) is 46.3 cm³/mol. The van der Waals surface area contributed by atoms with Crippen molar-refractivity contribution in [2.45, 2.75) is 19.3 Å². The van der Waals surface area contributed by atoms with Crippen LogP contribution in [0.2, 0.25) is 6.82 Å². The van der Waals surface area contributed by atoms with Crippen LogP contribution < -0.4 is 0 Å². The molecule has 0 spiro atoms. The fourth-order valence-electron chi connectivity index (χ4n) is 0.829. The van der Waals surface area contributed by atoms with Crippen LogP contribution in [0.15, 0.2) is 0 Å². The lowest BCUT2D eigenvalue weighted by molar-refractivity contribution is 0.00473. The van der Waals surface area contributed by atoms with Gasteiger partial charge in [0.15, 0.2) is 0 Å². The first-order valence-electron chi connectivity index (χ1n) is 4.06. The molecular formula is C7H17BO3. The first kappa shape index (κ1) is 10.9. The third kappa shape index (κ3) is 6.35. The highest BCUT2D eigenvalue weighted by atomic mass is 16.5. The maximum Gasteiger partial charge on any atom is 0.150 e. The number of hydrogen-bond donors (Lipinski definition) is 1. The second-order valence-corrected chi connectivity index (χ2v) is 2.46. The van der Waals surface area contributed by atoms with Gasteiger partial charge in [-0.05, 0) is 6.42 Å². The summed E-state index contributed by atoms with van der Waals surface area (Å²) in [5, 5.41) is 8.63. The van der Waals surface area contributed by atoms with Crippen molar-refractivity contribution in [3.05, 3.63) is 0 Å². The van der Waals surface area contributed by atoms with Gasteiger partial charge in [-0.3, -0.25) is 0 Å². The number of methoxy groups -OCH3 is 1. The molecule has 3 nitrogen and oxygen atoms in total. The van der Waals surface area contributed by atoms with Gasteiger partial charge < -0.3 is 14.6 Å². The number of aliphatic hydroxyl groups excluding tert-OH is 1. The Balaban J connectivity index is 3.34. The van der Waals surface area contributed by atoms with Crippen molar-refractivity contribution < 1.29 is 14.6 Å². The highest BCUT2D eigenvalue weighted by molar-refractivity contribution is 6.33. The van der Waals surface area contributed by atoms with E-state index in [4.69, 9.17) is 14.6 Å². The highest BCUT2D eigenvalue weighted by Crippen LogP contribution is 1.97. The van der Waals surface area contributed by atoms with E-state index in [1.807, 2.05) is 0 Å². The van der Waals surface area contributed by atoms with E-state index < -0.39 is 0 Å². The van der Waals surface area contributed by atoms with Crippen LogP contribution in [0.3, 0.4) is 0 Å². The first-order chi connectivity index (χ1) is 5.35. The molecule has 0 rings (SSSR count). The third-order valence-electron chi connectivity index (χ3n) is 1.36. The molecule has 0 amide bonds. The van der Waals surface area contributed by atoms with Gasteiger partial charge in [0.2, 0.25) is 0 Å². The average Bonchev–Trinajstić information content (AvgIpc) is 2.01. The van der Waals surface area contributed by atoms with Crippen molar-refractivity contribution in [1.82, 2.24) is 0 Å². The Morgan fingerprint density at radius 1 is 1.55 bits per heavy atom. The van der Waals surface area contributed by atoms with Crippen molar-refractivity contribution in [2.24, 2.45) is 0 Å². The van der Waals surface area contributed by atoms with Crippen molar-refractivity contribution >= 4 is 7.28 Å². The van der Waals surface area contributed by atoms with Crippen molar-refractivity contribution in [3.63, 3.8) is 0 Å². The van der Waals surface area contributed by atoms with Crippen molar-refractivity contribution in [3.8, 4) is 0 Å². The van der Waals surface area contributed by atoms with Gasteiger partial charge in [-0.1, -0.05) is 6.82 Å². The summed E-state index contributed by atoms with van der Waals surface area (Å²) < 4.78 is 10.3. The Morgan fingerprint density at radius 3 is 2.73 bits per heavy atom. The molecule has 0 fully saturated rings. The Bertz CT molecular complexity index is 74.1. The lowest BCUT2D eigenvalue weighted by Crippen LogP contribution is -2.22. The molecule has 0 aliphatic carbocycles.